The van der Waals surface area contributed by atoms with E-state index in [0.29, 0.717) is 5.88 Å². The fraction of sp³-hybridized carbons (Fsp3) is 0.714. The zero-order chi connectivity index (χ0) is 12.8. The number of hydrogen-bond donors (Lipinski definition) is 1. The third-order valence-corrected chi connectivity index (χ3v) is 3.85. The van der Waals surface area contributed by atoms with E-state index in [2.05, 4.69) is 9.97 Å². The zero-order valence-corrected chi connectivity index (χ0v) is 11.1. The molecule has 1 heterocycles. The van der Waals surface area contributed by atoms with E-state index in [1.165, 1.54) is 38.5 Å². The SMILES string of the molecule is COc1nccnc1C(N)CCC1CCCCC1. The lowest BCUT2D eigenvalue weighted by molar-refractivity contribution is 0.320. The van der Waals surface area contributed by atoms with Gasteiger partial charge in [-0.25, -0.2) is 4.98 Å². The summed E-state index contributed by atoms with van der Waals surface area (Å²) in [6, 6.07) is -0.0597. The number of aromatic nitrogens is 2. The summed E-state index contributed by atoms with van der Waals surface area (Å²) in [5.41, 5.74) is 6.99. The lowest BCUT2D eigenvalue weighted by atomic mass is 9.85. The van der Waals surface area contributed by atoms with Crippen LogP contribution in [0.3, 0.4) is 0 Å². The summed E-state index contributed by atoms with van der Waals surface area (Å²) < 4.78 is 5.20. The van der Waals surface area contributed by atoms with Crippen LogP contribution in [0, 0.1) is 5.92 Å². The average Bonchev–Trinajstić information content (AvgIpc) is 2.45. The standard InChI is InChI=1S/C14H23N3O/c1-18-14-13(16-9-10-17-14)12(15)8-7-11-5-3-2-4-6-11/h9-12H,2-8,15H2,1H3. The second kappa shape index (κ2) is 6.69. The molecule has 1 unspecified atom stereocenters. The average molecular weight is 249 g/mol. The van der Waals surface area contributed by atoms with Crippen molar-refractivity contribution in [3.05, 3.63) is 18.1 Å². The van der Waals surface area contributed by atoms with Crippen molar-refractivity contribution in [1.82, 2.24) is 9.97 Å². The van der Waals surface area contributed by atoms with E-state index in [4.69, 9.17) is 10.5 Å². The Morgan fingerprint density at radius 1 is 1.28 bits per heavy atom. The summed E-state index contributed by atoms with van der Waals surface area (Å²) in [7, 11) is 1.61. The lowest BCUT2D eigenvalue weighted by Gasteiger charge is -2.23. The van der Waals surface area contributed by atoms with Crippen molar-refractivity contribution >= 4 is 0 Å². The maximum absolute atomic E-state index is 6.21. The molecule has 1 fully saturated rings. The second-order valence-corrected chi connectivity index (χ2v) is 5.14. The van der Waals surface area contributed by atoms with E-state index >= 15 is 0 Å². The number of hydrogen-bond acceptors (Lipinski definition) is 4. The van der Waals surface area contributed by atoms with Crippen molar-refractivity contribution in [1.29, 1.82) is 0 Å². The summed E-state index contributed by atoms with van der Waals surface area (Å²) in [6.45, 7) is 0. The summed E-state index contributed by atoms with van der Waals surface area (Å²) in [6.07, 6.45) is 12.4. The number of methoxy groups -OCH3 is 1. The Morgan fingerprint density at radius 3 is 2.72 bits per heavy atom. The maximum Gasteiger partial charge on any atom is 0.236 e. The van der Waals surface area contributed by atoms with Crippen molar-refractivity contribution in [2.24, 2.45) is 11.7 Å². The van der Waals surface area contributed by atoms with E-state index in [0.717, 1.165) is 18.0 Å². The Labute approximate surface area is 109 Å². The van der Waals surface area contributed by atoms with Crippen LogP contribution in [0.4, 0.5) is 0 Å². The minimum absolute atomic E-state index is 0.0597. The molecule has 1 aromatic rings. The Kier molecular flexibility index (Phi) is 4.93. The van der Waals surface area contributed by atoms with Gasteiger partial charge in [0.25, 0.3) is 0 Å². The third kappa shape index (κ3) is 3.42. The molecule has 2 rings (SSSR count). The highest BCUT2D eigenvalue weighted by atomic mass is 16.5. The molecule has 1 aromatic heterocycles. The van der Waals surface area contributed by atoms with Gasteiger partial charge in [0, 0.05) is 12.4 Å². The molecule has 0 bridgehead atoms. The largest absolute Gasteiger partial charge is 0.480 e. The predicted molar refractivity (Wildman–Crippen MR) is 71.3 cm³/mol. The zero-order valence-electron chi connectivity index (χ0n) is 11.1. The summed E-state index contributed by atoms with van der Waals surface area (Å²) in [4.78, 5) is 8.45. The molecule has 0 saturated heterocycles. The molecule has 0 aromatic carbocycles. The fourth-order valence-electron chi connectivity index (χ4n) is 2.78. The molecule has 1 aliphatic rings. The molecular formula is C14H23N3O. The first kappa shape index (κ1) is 13.3. The Balaban J connectivity index is 1.88. The van der Waals surface area contributed by atoms with Crippen LogP contribution in [-0.4, -0.2) is 17.1 Å². The minimum Gasteiger partial charge on any atom is -0.480 e. The molecule has 18 heavy (non-hydrogen) atoms. The molecule has 4 nitrogen and oxygen atoms in total. The Morgan fingerprint density at radius 2 is 2.00 bits per heavy atom. The quantitative estimate of drug-likeness (QED) is 0.871. The third-order valence-electron chi connectivity index (χ3n) is 3.85. The van der Waals surface area contributed by atoms with Crippen molar-refractivity contribution in [2.45, 2.75) is 51.0 Å². The van der Waals surface area contributed by atoms with Crippen LogP contribution in [0.15, 0.2) is 12.4 Å². The summed E-state index contributed by atoms with van der Waals surface area (Å²) in [5, 5.41) is 0. The minimum atomic E-state index is -0.0597. The topological polar surface area (TPSA) is 61.0 Å². The highest BCUT2D eigenvalue weighted by Crippen LogP contribution is 2.30. The van der Waals surface area contributed by atoms with Gasteiger partial charge in [0.15, 0.2) is 0 Å². The molecule has 0 radical (unpaired) electrons. The highest BCUT2D eigenvalue weighted by molar-refractivity contribution is 5.20. The van der Waals surface area contributed by atoms with E-state index < -0.39 is 0 Å². The van der Waals surface area contributed by atoms with Crippen molar-refractivity contribution in [2.75, 3.05) is 7.11 Å². The molecule has 2 N–H and O–H groups in total. The smallest absolute Gasteiger partial charge is 0.236 e. The number of rotatable bonds is 5. The summed E-state index contributed by atoms with van der Waals surface area (Å²) in [5.74, 6) is 1.42. The molecular weight excluding hydrogens is 226 g/mol. The predicted octanol–water partition coefficient (Wildman–Crippen LogP) is 2.85. The molecule has 1 saturated carbocycles. The van der Waals surface area contributed by atoms with E-state index in [1.54, 1.807) is 19.5 Å². The number of nitrogens with two attached hydrogens (primary N) is 1. The van der Waals surface area contributed by atoms with Crippen LogP contribution in [0.2, 0.25) is 0 Å². The second-order valence-electron chi connectivity index (χ2n) is 5.14. The first-order valence-corrected chi connectivity index (χ1v) is 6.91. The van der Waals surface area contributed by atoms with E-state index in [1.807, 2.05) is 0 Å². The van der Waals surface area contributed by atoms with Crippen LogP contribution < -0.4 is 10.5 Å². The number of ether oxygens (including phenoxy) is 1. The van der Waals surface area contributed by atoms with Gasteiger partial charge >= 0.3 is 0 Å². The van der Waals surface area contributed by atoms with Gasteiger partial charge in [-0.3, -0.25) is 4.98 Å². The fourth-order valence-corrected chi connectivity index (χ4v) is 2.78. The van der Waals surface area contributed by atoms with Crippen molar-refractivity contribution in [3.63, 3.8) is 0 Å². The highest BCUT2D eigenvalue weighted by Gasteiger charge is 2.18. The van der Waals surface area contributed by atoms with Crippen LogP contribution in [0.5, 0.6) is 5.88 Å². The Bertz CT molecular complexity index is 364. The van der Waals surface area contributed by atoms with Gasteiger partial charge < -0.3 is 10.5 Å². The van der Waals surface area contributed by atoms with E-state index in [-0.39, 0.29) is 6.04 Å². The van der Waals surface area contributed by atoms with Gasteiger partial charge in [-0.15, -0.1) is 0 Å². The lowest BCUT2D eigenvalue weighted by Crippen LogP contribution is -2.16. The van der Waals surface area contributed by atoms with Crippen LogP contribution in [-0.2, 0) is 0 Å². The normalized spacial score (nSPS) is 18.6. The number of nitrogens with zero attached hydrogens (tertiary/aromatic N) is 2. The van der Waals surface area contributed by atoms with Crippen LogP contribution >= 0.6 is 0 Å². The molecule has 1 atom stereocenters. The van der Waals surface area contributed by atoms with Crippen molar-refractivity contribution in [3.8, 4) is 5.88 Å². The maximum atomic E-state index is 6.21. The van der Waals surface area contributed by atoms with Crippen molar-refractivity contribution < 1.29 is 4.74 Å². The van der Waals surface area contributed by atoms with Gasteiger partial charge in [0.2, 0.25) is 5.88 Å². The molecule has 0 spiro atoms. The molecule has 4 heteroatoms. The molecule has 0 amide bonds. The Hall–Kier alpha value is -1.16. The molecule has 0 aliphatic heterocycles. The van der Waals surface area contributed by atoms with Gasteiger partial charge in [-0.05, 0) is 18.8 Å². The van der Waals surface area contributed by atoms with Crippen LogP contribution in [0.25, 0.3) is 0 Å². The van der Waals surface area contributed by atoms with Gasteiger partial charge in [0.1, 0.15) is 5.69 Å². The molecule has 100 valence electrons. The van der Waals surface area contributed by atoms with Gasteiger partial charge in [-0.1, -0.05) is 32.1 Å². The van der Waals surface area contributed by atoms with Gasteiger partial charge in [0.05, 0.1) is 13.2 Å². The first-order valence-electron chi connectivity index (χ1n) is 6.91. The van der Waals surface area contributed by atoms with Crippen LogP contribution in [0.1, 0.15) is 56.7 Å². The van der Waals surface area contributed by atoms with E-state index in [9.17, 15) is 0 Å². The molecule has 1 aliphatic carbocycles. The monoisotopic (exact) mass is 249 g/mol. The summed E-state index contributed by atoms with van der Waals surface area (Å²) >= 11 is 0. The van der Waals surface area contributed by atoms with Gasteiger partial charge in [-0.2, -0.15) is 0 Å². The first-order chi connectivity index (χ1) is 8.81.